The Morgan fingerprint density at radius 1 is 1.40 bits per heavy atom. The lowest BCUT2D eigenvalue weighted by molar-refractivity contribution is -0.0425. The summed E-state index contributed by atoms with van der Waals surface area (Å²) in [5.74, 6) is 0. The zero-order valence-electron chi connectivity index (χ0n) is 11.2. The van der Waals surface area contributed by atoms with Crippen LogP contribution in [0.2, 0.25) is 0 Å². The molecule has 1 aliphatic carbocycles. The summed E-state index contributed by atoms with van der Waals surface area (Å²) in [4.78, 5) is 26.2. The lowest BCUT2D eigenvalue weighted by Gasteiger charge is -2.23. The number of hydrogen-bond donors (Lipinski definition) is 1. The Hall–Kier alpha value is -1.87. The van der Waals surface area contributed by atoms with E-state index >= 15 is 0 Å². The SMILES string of the molecule is N#Cc1c[nH]c(=O)n(CC2CCC3(CCCC3)O2)c1=O. The van der Waals surface area contributed by atoms with Gasteiger partial charge in [-0.15, -0.1) is 0 Å². The summed E-state index contributed by atoms with van der Waals surface area (Å²) >= 11 is 0. The van der Waals surface area contributed by atoms with Crippen molar-refractivity contribution in [2.45, 2.75) is 56.8 Å². The zero-order chi connectivity index (χ0) is 14.2. The molecule has 1 aliphatic heterocycles. The van der Waals surface area contributed by atoms with Gasteiger partial charge >= 0.3 is 5.69 Å². The fourth-order valence-corrected chi connectivity index (χ4v) is 3.37. The smallest absolute Gasteiger partial charge is 0.328 e. The fraction of sp³-hybridized carbons (Fsp3) is 0.643. The van der Waals surface area contributed by atoms with Crippen molar-refractivity contribution in [2.24, 2.45) is 0 Å². The van der Waals surface area contributed by atoms with E-state index in [4.69, 9.17) is 10.00 Å². The Morgan fingerprint density at radius 2 is 2.15 bits per heavy atom. The molecular weight excluding hydrogens is 258 g/mol. The van der Waals surface area contributed by atoms with E-state index in [2.05, 4.69) is 4.98 Å². The van der Waals surface area contributed by atoms with Gasteiger partial charge in [0.1, 0.15) is 11.6 Å². The van der Waals surface area contributed by atoms with E-state index in [1.165, 1.54) is 12.8 Å². The van der Waals surface area contributed by atoms with E-state index < -0.39 is 11.2 Å². The zero-order valence-corrected chi connectivity index (χ0v) is 11.2. The van der Waals surface area contributed by atoms with E-state index in [0.29, 0.717) is 0 Å². The molecule has 2 heterocycles. The maximum atomic E-state index is 12.0. The molecule has 1 atom stereocenters. The van der Waals surface area contributed by atoms with Crippen LogP contribution in [0.1, 0.15) is 44.1 Å². The van der Waals surface area contributed by atoms with Crippen LogP contribution in [0.5, 0.6) is 0 Å². The van der Waals surface area contributed by atoms with Crippen molar-refractivity contribution >= 4 is 0 Å². The molecule has 1 spiro atoms. The topological polar surface area (TPSA) is 87.9 Å². The summed E-state index contributed by atoms with van der Waals surface area (Å²) < 4.78 is 7.18. The molecule has 1 aromatic rings. The molecule has 20 heavy (non-hydrogen) atoms. The molecule has 6 heteroatoms. The van der Waals surface area contributed by atoms with Crippen molar-refractivity contribution in [3.05, 3.63) is 32.6 Å². The highest BCUT2D eigenvalue weighted by atomic mass is 16.5. The lowest BCUT2D eigenvalue weighted by atomic mass is 9.98. The van der Waals surface area contributed by atoms with Crippen LogP contribution >= 0.6 is 0 Å². The third-order valence-corrected chi connectivity index (χ3v) is 4.42. The number of hydrogen-bond acceptors (Lipinski definition) is 4. The average molecular weight is 275 g/mol. The van der Waals surface area contributed by atoms with E-state index in [1.54, 1.807) is 6.07 Å². The monoisotopic (exact) mass is 275 g/mol. The van der Waals surface area contributed by atoms with Gasteiger partial charge in [0, 0.05) is 6.20 Å². The predicted octanol–water partition coefficient (Wildman–Crippen LogP) is 0.900. The first-order chi connectivity index (χ1) is 9.63. The molecule has 1 saturated carbocycles. The average Bonchev–Trinajstić information content (AvgIpc) is 3.06. The number of ether oxygens (including phenoxy) is 1. The maximum absolute atomic E-state index is 12.0. The number of nitrogens with one attached hydrogen (secondary N) is 1. The Balaban J connectivity index is 1.81. The van der Waals surface area contributed by atoms with Gasteiger partial charge in [0.25, 0.3) is 5.56 Å². The van der Waals surface area contributed by atoms with Crippen LogP contribution in [0.15, 0.2) is 15.8 Å². The van der Waals surface area contributed by atoms with Crippen molar-refractivity contribution < 1.29 is 4.74 Å². The summed E-state index contributed by atoms with van der Waals surface area (Å²) in [5, 5.41) is 8.85. The normalized spacial score (nSPS) is 24.1. The molecule has 1 saturated heterocycles. The highest BCUT2D eigenvalue weighted by Gasteiger charge is 2.42. The van der Waals surface area contributed by atoms with Gasteiger partial charge in [0.05, 0.1) is 18.2 Å². The number of nitrogens with zero attached hydrogens (tertiary/aromatic N) is 2. The van der Waals surface area contributed by atoms with Gasteiger partial charge in [-0.1, -0.05) is 12.8 Å². The molecular formula is C14H17N3O3. The summed E-state index contributed by atoms with van der Waals surface area (Å²) in [6, 6.07) is 1.79. The quantitative estimate of drug-likeness (QED) is 0.868. The summed E-state index contributed by atoms with van der Waals surface area (Å²) in [6.45, 7) is 0.228. The Kier molecular flexibility index (Phi) is 3.22. The largest absolute Gasteiger partial charge is 0.370 e. The van der Waals surface area contributed by atoms with Crippen LogP contribution in [-0.2, 0) is 11.3 Å². The number of nitriles is 1. The minimum atomic E-state index is -0.535. The predicted molar refractivity (Wildman–Crippen MR) is 71.3 cm³/mol. The van der Waals surface area contributed by atoms with Crippen LogP contribution in [-0.4, -0.2) is 21.3 Å². The van der Waals surface area contributed by atoms with E-state index in [9.17, 15) is 9.59 Å². The highest BCUT2D eigenvalue weighted by molar-refractivity contribution is 5.21. The molecule has 1 N–H and O–H groups in total. The van der Waals surface area contributed by atoms with Gasteiger partial charge in [-0.3, -0.25) is 9.36 Å². The number of aromatic amines is 1. The molecule has 3 rings (SSSR count). The first-order valence-corrected chi connectivity index (χ1v) is 7.04. The maximum Gasteiger partial charge on any atom is 0.328 e. The van der Waals surface area contributed by atoms with Crippen molar-refractivity contribution in [2.75, 3.05) is 0 Å². The molecule has 1 unspecified atom stereocenters. The molecule has 6 nitrogen and oxygen atoms in total. The molecule has 1 aromatic heterocycles. The second-order valence-corrected chi connectivity index (χ2v) is 5.70. The Labute approximate surface area is 116 Å². The van der Waals surface area contributed by atoms with Crippen molar-refractivity contribution in [1.82, 2.24) is 9.55 Å². The molecule has 0 bridgehead atoms. The summed E-state index contributed by atoms with van der Waals surface area (Å²) in [5.41, 5.74) is -1.08. The lowest BCUT2D eigenvalue weighted by Crippen LogP contribution is -2.40. The van der Waals surface area contributed by atoms with Crippen LogP contribution in [0, 0.1) is 11.3 Å². The van der Waals surface area contributed by atoms with Crippen molar-refractivity contribution in [3.8, 4) is 6.07 Å². The molecule has 0 amide bonds. The highest BCUT2D eigenvalue weighted by Crippen LogP contribution is 2.43. The van der Waals surface area contributed by atoms with Gasteiger partial charge in [-0.05, 0) is 25.7 Å². The molecule has 2 fully saturated rings. The third kappa shape index (κ3) is 2.18. The minimum absolute atomic E-state index is 0.0200. The van der Waals surface area contributed by atoms with Crippen LogP contribution < -0.4 is 11.2 Å². The molecule has 106 valence electrons. The minimum Gasteiger partial charge on any atom is -0.370 e. The summed E-state index contributed by atoms with van der Waals surface area (Å²) in [7, 11) is 0. The summed E-state index contributed by atoms with van der Waals surface area (Å²) in [6.07, 6.45) is 7.45. The number of aromatic nitrogens is 2. The van der Waals surface area contributed by atoms with E-state index in [1.807, 2.05) is 0 Å². The fourth-order valence-electron chi connectivity index (χ4n) is 3.37. The molecule has 2 aliphatic rings. The van der Waals surface area contributed by atoms with Gasteiger partial charge in [-0.25, -0.2) is 4.79 Å². The van der Waals surface area contributed by atoms with Gasteiger partial charge < -0.3 is 9.72 Å². The Bertz CT molecular complexity index is 661. The van der Waals surface area contributed by atoms with E-state index in [-0.39, 0.29) is 23.8 Å². The second kappa shape index (κ2) is 4.91. The van der Waals surface area contributed by atoms with E-state index in [0.717, 1.165) is 36.4 Å². The Morgan fingerprint density at radius 3 is 2.85 bits per heavy atom. The number of H-pyrrole nitrogens is 1. The van der Waals surface area contributed by atoms with Gasteiger partial charge in [-0.2, -0.15) is 5.26 Å². The van der Waals surface area contributed by atoms with Crippen LogP contribution in [0.4, 0.5) is 0 Å². The van der Waals surface area contributed by atoms with Crippen LogP contribution in [0.25, 0.3) is 0 Å². The number of rotatable bonds is 2. The first-order valence-electron chi connectivity index (χ1n) is 7.04. The van der Waals surface area contributed by atoms with Crippen LogP contribution in [0.3, 0.4) is 0 Å². The van der Waals surface area contributed by atoms with Crippen molar-refractivity contribution in [3.63, 3.8) is 0 Å². The van der Waals surface area contributed by atoms with Gasteiger partial charge in [0.2, 0.25) is 0 Å². The third-order valence-electron chi connectivity index (χ3n) is 4.42. The second-order valence-electron chi connectivity index (χ2n) is 5.70. The molecule has 0 radical (unpaired) electrons. The van der Waals surface area contributed by atoms with Crippen molar-refractivity contribution in [1.29, 1.82) is 5.26 Å². The first kappa shape index (κ1) is 13.1. The van der Waals surface area contributed by atoms with Gasteiger partial charge in [0.15, 0.2) is 0 Å². The standard InChI is InChI=1S/C14H17N3O3/c15-7-10-8-16-13(19)17(12(10)18)9-11-3-6-14(20-11)4-1-2-5-14/h8,11H,1-6,9H2,(H,16,19). The molecule has 0 aromatic carbocycles.